The van der Waals surface area contributed by atoms with Gasteiger partial charge >= 0.3 is 0 Å². The van der Waals surface area contributed by atoms with E-state index < -0.39 is 4.92 Å². The van der Waals surface area contributed by atoms with Crippen molar-refractivity contribution in [1.29, 1.82) is 0 Å². The van der Waals surface area contributed by atoms with Crippen LogP contribution in [0.1, 0.15) is 28.1 Å². The van der Waals surface area contributed by atoms with Crippen LogP contribution in [0.5, 0.6) is 0 Å². The predicted molar refractivity (Wildman–Crippen MR) is 112 cm³/mol. The average Bonchev–Trinajstić information content (AvgIpc) is 2.88. The van der Waals surface area contributed by atoms with Gasteiger partial charge in [0.25, 0.3) is 5.69 Å². The van der Waals surface area contributed by atoms with Gasteiger partial charge in [-0.05, 0) is 26.3 Å². The van der Waals surface area contributed by atoms with E-state index >= 15 is 0 Å². The molecule has 0 amide bonds. The summed E-state index contributed by atoms with van der Waals surface area (Å²) in [4.78, 5) is 20.6. The van der Waals surface area contributed by atoms with Crippen LogP contribution in [0.15, 0.2) is 29.3 Å². The summed E-state index contributed by atoms with van der Waals surface area (Å²) in [6.07, 6.45) is 0. The Morgan fingerprint density at radius 2 is 2.12 bits per heavy atom. The van der Waals surface area contributed by atoms with Gasteiger partial charge in [0.05, 0.1) is 23.7 Å². The van der Waals surface area contributed by atoms with Crippen molar-refractivity contribution in [3.63, 3.8) is 0 Å². The zero-order chi connectivity index (χ0) is 17.5. The lowest BCUT2D eigenvalue weighted by atomic mass is 10.2. The van der Waals surface area contributed by atoms with Crippen molar-refractivity contribution >= 4 is 47.0 Å². The van der Waals surface area contributed by atoms with E-state index in [0.717, 1.165) is 22.8 Å². The Bertz CT molecular complexity index is 728. The molecule has 7 nitrogen and oxygen atoms in total. The second kappa shape index (κ2) is 10.3. The first-order valence-electron chi connectivity index (χ1n) is 7.68. The number of benzene rings is 1. The van der Waals surface area contributed by atoms with Crippen LogP contribution in [0.4, 0.5) is 5.69 Å². The molecule has 0 radical (unpaired) electrons. The van der Waals surface area contributed by atoms with Crippen LogP contribution in [0.25, 0.3) is 0 Å². The molecule has 0 saturated heterocycles. The lowest BCUT2D eigenvalue weighted by molar-refractivity contribution is -0.384. The van der Waals surface area contributed by atoms with Crippen molar-refractivity contribution in [3.8, 4) is 0 Å². The Hall–Kier alpha value is -1.75. The summed E-state index contributed by atoms with van der Waals surface area (Å²) in [6, 6.07) is 6.52. The van der Waals surface area contributed by atoms with Crippen molar-refractivity contribution in [2.45, 2.75) is 33.9 Å². The van der Waals surface area contributed by atoms with Crippen LogP contribution >= 0.6 is 35.3 Å². The van der Waals surface area contributed by atoms with Crippen LogP contribution in [0.3, 0.4) is 0 Å². The summed E-state index contributed by atoms with van der Waals surface area (Å²) >= 11 is 1.66. The van der Waals surface area contributed by atoms with Crippen LogP contribution in [-0.2, 0) is 13.1 Å². The van der Waals surface area contributed by atoms with Gasteiger partial charge in [0, 0.05) is 23.6 Å². The number of thiazole rings is 1. The molecule has 0 spiro atoms. The summed E-state index contributed by atoms with van der Waals surface area (Å²) in [5.41, 5.74) is 1.92. The number of nitro groups is 1. The van der Waals surface area contributed by atoms with E-state index in [1.807, 2.05) is 19.9 Å². The second-order valence-electron chi connectivity index (χ2n) is 5.22. The van der Waals surface area contributed by atoms with Gasteiger partial charge in [-0.3, -0.25) is 10.1 Å². The number of rotatable bonds is 6. The molecule has 0 aliphatic heterocycles. The molecule has 0 unspecified atom stereocenters. The maximum absolute atomic E-state index is 10.8. The number of aliphatic imine (C=N–C) groups is 1. The smallest absolute Gasteiger partial charge is 0.269 e. The summed E-state index contributed by atoms with van der Waals surface area (Å²) in [5.74, 6) is 0.662. The third kappa shape index (κ3) is 6.58. The third-order valence-electron chi connectivity index (χ3n) is 3.37. The van der Waals surface area contributed by atoms with E-state index in [0.29, 0.717) is 19.0 Å². The average molecular weight is 475 g/mol. The Balaban J connectivity index is 0.00000312. The van der Waals surface area contributed by atoms with E-state index in [1.165, 1.54) is 10.9 Å². The molecule has 0 fully saturated rings. The normalized spacial score (nSPS) is 10.9. The number of hydrogen-bond acceptors (Lipinski definition) is 5. The van der Waals surface area contributed by atoms with Crippen LogP contribution in [-0.4, -0.2) is 22.4 Å². The molecule has 0 aliphatic rings. The maximum Gasteiger partial charge on any atom is 0.269 e. The van der Waals surface area contributed by atoms with Crippen molar-refractivity contribution in [2.24, 2.45) is 4.99 Å². The minimum Gasteiger partial charge on any atom is -0.357 e. The van der Waals surface area contributed by atoms with Crippen LogP contribution < -0.4 is 10.6 Å². The number of aromatic nitrogens is 1. The van der Waals surface area contributed by atoms with Crippen LogP contribution in [0.2, 0.25) is 0 Å². The number of aryl methyl sites for hydroxylation is 2. The molecule has 0 atom stereocenters. The zero-order valence-corrected chi connectivity index (χ0v) is 17.6. The first kappa shape index (κ1) is 21.3. The maximum atomic E-state index is 10.8. The quantitative estimate of drug-likeness (QED) is 0.219. The Morgan fingerprint density at radius 1 is 1.36 bits per heavy atom. The molecule has 1 heterocycles. The Kier molecular flexibility index (Phi) is 8.76. The molecule has 2 aromatic rings. The minimum atomic E-state index is -0.399. The number of non-ortho nitro benzene ring substituents is 1. The SMILES string of the molecule is CCNC(=NCc1cccc([N+](=O)[O-])c1)NCc1nc(C)c(C)s1.I. The minimum absolute atomic E-state index is 0. The number of nitrogens with zero attached hydrogens (tertiary/aromatic N) is 3. The van der Waals surface area contributed by atoms with Crippen molar-refractivity contribution < 1.29 is 4.92 Å². The van der Waals surface area contributed by atoms with Crippen LogP contribution in [0, 0.1) is 24.0 Å². The molecule has 2 rings (SSSR count). The Morgan fingerprint density at radius 3 is 2.72 bits per heavy atom. The lowest BCUT2D eigenvalue weighted by Gasteiger charge is -2.10. The molecule has 136 valence electrons. The molecule has 9 heteroatoms. The van der Waals surface area contributed by atoms with Crippen molar-refractivity contribution in [3.05, 3.63) is 55.5 Å². The summed E-state index contributed by atoms with van der Waals surface area (Å²) in [6.45, 7) is 7.74. The predicted octanol–water partition coefficient (Wildman–Crippen LogP) is 3.54. The van der Waals surface area contributed by atoms with Gasteiger partial charge in [0.2, 0.25) is 0 Å². The monoisotopic (exact) mass is 475 g/mol. The first-order valence-corrected chi connectivity index (χ1v) is 8.49. The fourth-order valence-electron chi connectivity index (χ4n) is 2.05. The highest BCUT2D eigenvalue weighted by atomic mass is 127. The van der Waals surface area contributed by atoms with Gasteiger partial charge in [-0.1, -0.05) is 12.1 Å². The first-order chi connectivity index (χ1) is 11.5. The molecule has 1 aromatic carbocycles. The molecule has 1 aromatic heterocycles. The van der Waals surface area contributed by atoms with Gasteiger partial charge < -0.3 is 10.6 Å². The zero-order valence-electron chi connectivity index (χ0n) is 14.4. The van der Waals surface area contributed by atoms with Gasteiger partial charge in [-0.25, -0.2) is 9.98 Å². The molecule has 0 saturated carbocycles. The largest absolute Gasteiger partial charge is 0.357 e. The number of nitro benzene ring substituents is 1. The van der Waals surface area contributed by atoms with Crippen molar-refractivity contribution in [2.75, 3.05) is 6.54 Å². The molecular formula is C16H22IN5O2S. The molecule has 0 aliphatic carbocycles. The van der Waals surface area contributed by atoms with Gasteiger partial charge in [-0.15, -0.1) is 35.3 Å². The molecule has 2 N–H and O–H groups in total. The van der Waals surface area contributed by atoms with Gasteiger partial charge in [-0.2, -0.15) is 0 Å². The number of nitrogens with one attached hydrogen (secondary N) is 2. The highest BCUT2D eigenvalue weighted by Gasteiger charge is 2.07. The fraction of sp³-hybridized carbons (Fsp3) is 0.375. The summed E-state index contributed by atoms with van der Waals surface area (Å²) < 4.78 is 0. The van der Waals surface area contributed by atoms with Gasteiger partial charge in [0.1, 0.15) is 5.01 Å². The number of hydrogen-bond donors (Lipinski definition) is 2. The highest BCUT2D eigenvalue weighted by Crippen LogP contribution is 2.16. The van der Waals surface area contributed by atoms with E-state index in [4.69, 9.17) is 0 Å². The summed E-state index contributed by atoms with van der Waals surface area (Å²) in [7, 11) is 0. The second-order valence-corrected chi connectivity index (χ2v) is 6.51. The van der Waals surface area contributed by atoms with E-state index in [1.54, 1.807) is 23.5 Å². The number of halogens is 1. The molecule has 25 heavy (non-hydrogen) atoms. The van der Waals surface area contributed by atoms with E-state index in [2.05, 4.69) is 27.5 Å². The lowest BCUT2D eigenvalue weighted by Crippen LogP contribution is -2.36. The topological polar surface area (TPSA) is 92.5 Å². The van der Waals surface area contributed by atoms with Gasteiger partial charge in [0.15, 0.2) is 5.96 Å². The summed E-state index contributed by atoms with van der Waals surface area (Å²) in [5, 5.41) is 18.2. The highest BCUT2D eigenvalue weighted by molar-refractivity contribution is 14.0. The Labute approximate surface area is 168 Å². The van der Waals surface area contributed by atoms with Crippen molar-refractivity contribution in [1.82, 2.24) is 15.6 Å². The standard InChI is InChI=1S/C16H21N5O2S.HI/c1-4-17-16(19-10-15-20-11(2)12(3)24-15)18-9-13-6-5-7-14(8-13)21(22)23;/h5-8H,4,9-10H2,1-3H3,(H2,17,18,19);1H. The number of guanidine groups is 1. The molecular weight excluding hydrogens is 453 g/mol. The molecule has 0 bridgehead atoms. The van der Waals surface area contributed by atoms with E-state index in [-0.39, 0.29) is 29.7 Å². The fourth-order valence-corrected chi connectivity index (χ4v) is 2.93. The third-order valence-corrected chi connectivity index (χ3v) is 4.44. The van der Waals surface area contributed by atoms with E-state index in [9.17, 15) is 10.1 Å².